The molecule has 0 aliphatic carbocycles. The number of benzene rings is 1. The van der Waals surface area contributed by atoms with Crippen molar-refractivity contribution in [3.05, 3.63) is 59.8 Å². The van der Waals surface area contributed by atoms with Crippen molar-refractivity contribution in [3.63, 3.8) is 0 Å². The zero-order valence-corrected chi connectivity index (χ0v) is 22.8. The highest BCUT2D eigenvalue weighted by Gasteiger charge is 2.38. The fourth-order valence-corrected chi connectivity index (χ4v) is 4.23. The van der Waals surface area contributed by atoms with Crippen molar-refractivity contribution in [2.24, 2.45) is 5.73 Å². The number of halogens is 6. The number of hydrogen-bond acceptors (Lipinski definition) is 8. The van der Waals surface area contributed by atoms with Gasteiger partial charge in [-0.3, -0.25) is 18.6 Å². The number of carbonyl (C=O) groups is 1. The third kappa shape index (κ3) is 7.99. The number of nitrogens with one attached hydrogen (secondary N) is 2. The Hall–Kier alpha value is -4.22. The van der Waals surface area contributed by atoms with Gasteiger partial charge in [-0.1, -0.05) is 6.92 Å². The number of amides is 1. The number of aromatic nitrogens is 5. The first-order chi connectivity index (χ1) is 20.4. The predicted molar refractivity (Wildman–Crippen MR) is 143 cm³/mol. The molecule has 1 aromatic carbocycles. The Labute approximate surface area is 241 Å². The largest absolute Gasteiger partial charge is 0.522 e. The Morgan fingerprint density at radius 1 is 1.09 bits per heavy atom. The summed E-state index contributed by atoms with van der Waals surface area (Å²) in [7, 11) is 0. The van der Waals surface area contributed by atoms with E-state index in [1.54, 1.807) is 18.2 Å². The van der Waals surface area contributed by atoms with E-state index in [0.717, 1.165) is 16.4 Å². The molecule has 4 aromatic rings. The molecule has 0 bridgehead atoms. The summed E-state index contributed by atoms with van der Waals surface area (Å²) < 4.78 is 89.5. The zero-order valence-electron chi connectivity index (χ0n) is 22.8. The van der Waals surface area contributed by atoms with E-state index in [-0.39, 0.29) is 28.6 Å². The van der Waals surface area contributed by atoms with Crippen LogP contribution >= 0.6 is 0 Å². The fourth-order valence-electron chi connectivity index (χ4n) is 4.23. The lowest BCUT2D eigenvalue weighted by atomic mass is 10.0. The van der Waals surface area contributed by atoms with Crippen molar-refractivity contribution in [2.75, 3.05) is 38.2 Å². The fraction of sp³-hybridized carbons (Fsp3) is 0.385. The molecule has 43 heavy (non-hydrogen) atoms. The lowest BCUT2D eigenvalue weighted by Gasteiger charge is -2.13. The normalized spacial score (nSPS) is 12.2. The number of rotatable bonds is 13. The number of hydrogen-bond donors (Lipinski definition) is 3. The van der Waals surface area contributed by atoms with Gasteiger partial charge in [-0.2, -0.15) is 18.3 Å². The summed E-state index contributed by atoms with van der Waals surface area (Å²) >= 11 is 0. The molecule has 0 aliphatic rings. The Morgan fingerprint density at radius 2 is 1.88 bits per heavy atom. The predicted octanol–water partition coefficient (Wildman–Crippen LogP) is 4.16. The van der Waals surface area contributed by atoms with Gasteiger partial charge in [0.05, 0.1) is 43.8 Å². The summed E-state index contributed by atoms with van der Waals surface area (Å²) in [6.45, 7) is 1.81. The van der Waals surface area contributed by atoms with Crippen LogP contribution in [0.5, 0.6) is 0 Å². The second-order valence-electron chi connectivity index (χ2n) is 9.07. The van der Waals surface area contributed by atoms with E-state index in [4.69, 9.17) is 10.5 Å². The molecule has 0 spiro atoms. The summed E-state index contributed by atoms with van der Waals surface area (Å²) in [5.41, 5.74) is 5.62. The van der Waals surface area contributed by atoms with Crippen LogP contribution in [-0.4, -0.2) is 69.3 Å². The Bertz CT molecular complexity index is 1550. The Balaban J connectivity index is 1.58. The van der Waals surface area contributed by atoms with Crippen LogP contribution < -0.4 is 16.4 Å². The first kappa shape index (κ1) is 31.7. The molecule has 1 amide bonds. The molecule has 4 rings (SSSR count). The number of fused-ring (bicyclic) bond motifs is 1. The highest BCUT2D eigenvalue weighted by molar-refractivity contribution is 5.96. The van der Waals surface area contributed by atoms with Crippen molar-refractivity contribution in [1.29, 1.82) is 0 Å². The maximum Gasteiger partial charge on any atom is 0.522 e. The second kappa shape index (κ2) is 13.4. The highest BCUT2D eigenvalue weighted by atomic mass is 19.4. The van der Waals surface area contributed by atoms with Gasteiger partial charge >= 0.3 is 12.5 Å². The molecule has 3 aromatic heterocycles. The summed E-state index contributed by atoms with van der Waals surface area (Å²) in [4.78, 5) is 21.2. The highest BCUT2D eigenvalue weighted by Crippen LogP contribution is 2.37. The smallest absolute Gasteiger partial charge is 0.378 e. The molecule has 0 saturated carbocycles. The number of nitrogens with zero attached hydrogens (tertiary/aromatic N) is 5. The third-order valence-corrected chi connectivity index (χ3v) is 6.11. The maximum atomic E-state index is 13.8. The average Bonchev–Trinajstić information content (AvgIpc) is 3.57. The number of anilines is 2. The summed E-state index contributed by atoms with van der Waals surface area (Å²) in [5.74, 6) is -0.0616. The molecular formula is C26H28F6N8O3. The maximum absolute atomic E-state index is 13.8. The van der Waals surface area contributed by atoms with Crippen LogP contribution in [-0.2, 0) is 28.6 Å². The van der Waals surface area contributed by atoms with Gasteiger partial charge in [0.15, 0.2) is 17.2 Å². The van der Waals surface area contributed by atoms with Gasteiger partial charge in [0, 0.05) is 42.9 Å². The van der Waals surface area contributed by atoms with Gasteiger partial charge in [0.25, 0.3) is 5.91 Å². The zero-order chi connectivity index (χ0) is 31.2. The number of ether oxygens (including phenoxy) is 2. The standard InChI is InChI=1S/C26H28F6N8O3/c1-2-16-13-17(3-4-18(16)24(41)35-7-11-42-10-5-33)37-22-23-36-14-20(40(23)8-6-34-22)19-15-39(9-12-43-26(30,31)32)38-21(19)25(27,28)29/h3-4,6,8,13-15H,2,5,7,9-12,33H2,1H3,(H,34,37)(H,35,41). The summed E-state index contributed by atoms with van der Waals surface area (Å²) in [6.07, 6.45) is -4.36. The van der Waals surface area contributed by atoms with E-state index in [1.807, 2.05) is 6.92 Å². The van der Waals surface area contributed by atoms with E-state index in [2.05, 4.69) is 30.4 Å². The topological polar surface area (TPSA) is 134 Å². The summed E-state index contributed by atoms with van der Waals surface area (Å²) in [6, 6.07) is 5.05. The van der Waals surface area contributed by atoms with E-state index in [9.17, 15) is 31.1 Å². The molecule has 4 N–H and O–H groups in total. The average molecular weight is 615 g/mol. The third-order valence-electron chi connectivity index (χ3n) is 6.11. The number of imidazole rings is 1. The quantitative estimate of drug-likeness (QED) is 0.151. The van der Waals surface area contributed by atoms with Crippen molar-refractivity contribution < 1.29 is 40.6 Å². The van der Waals surface area contributed by atoms with Gasteiger partial charge in [0.1, 0.15) is 0 Å². The summed E-state index contributed by atoms with van der Waals surface area (Å²) in [5, 5.41) is 9.33. The molecule has 232 valence electrons. The first-order valence-electron chi connectivity index (χ1n) is 13.0. The molecule has 0 saturated heterocycles. The SMILES string of the molecule is CCc1cc(Nc2nccn3c(-c4cn(CCOC(F)(F)F)nc4C(F)(F)F)cnc23)ccc1C(=O)NCCOCCN. The molecule has 11 nitrogen and oxygen atoms in total. The number of aryl methyl sites for hydroxylation is 1. The van der Waals surface area contributed by atoms with E-state index < -0.39 is 31.4 Å². The minimum atomic E-state index is -4.93. The van der Waals surface area contributed by atoms with Crippen LogP contribution in [0.25, 0.3) is 16.9 Å². The monoisotopic (exact) mass is 614 g/mol. The van der Waals surface area contributed by atoms with Gasteiger partial charge in [-0.25, -0.2) is 9.97 Å². The minimum Gasteiger partial charge on any atom is -0.378 e. The van der Waals surface area contributed by atoms with Crippen LogP contribution in [0.15, 0.2) is 43.0 Å². The molecule has 0 unspecified atom stereocenters. The van der Waals surface area contributed by atoms with Crippen LogP contribution in [0.4, 0.5) is 37.8 Å². The van der Waals surface area contributed by atoms with Crippen molar-refractivity contribution >= 4 is 23.1 Å². The van der Waals surface area contributed by atoms with Crippen LogP contribution in [0, 0.1) is 0 Å². The lowest BCUT2D eigenvalue weighted by Crippen LogP contribution is -2.28. The van der Waals surface area contributed by atoms with E-state index in [0.29, 0.717) is 44.0 Å². The van der Waals surface area contributed by atoms with Gasteiger partial charge in [-0.05, 0) is 30.2 Å². The Kier molecular flexibility index (Phi) is 9.87. The molecule has 0 radical (unpaired) electrons. The van der Waals surface area contributed by atoms with Crippen LogP contribution in [0.1, 0.15) is 28.5 Å². The Morgan fingerprint density at radius 3 is 2.58 bits per heavy atom. The van der Waals surface area contributed by atoms with E-state index >= 15 is 0 Å². The number of carbonyl (C=O) groups excluding carboxylic acids is 1. The van der Waals surface area contributed by atoms with Crippen molar-refractivity contribution in [2.45, 2.75) is 32.4 Å². The lowest BCUT2D eigenvalue weighted by molar-refractivity contribution is -0.325. The number of nitrogens with two attached hydrogens (primary N) is 1. The number of alkyl halides is 6. The van der Waals surface area contributed by atoms with Crippen LogP contribution in [0.2, 0.25) is 0 Å². The molecule has 0 atom stereocenters. The van der Waals surface area contributed by atoms with Crippen molar-refractivity contribution in [1.82, 2.24) is 29.5 Å². The minimum absolute atomic E-state index is 0.00697. The van der Waals surface area contributed by atoms with Gasteiger partial charge in [-0.15, -0.1) is 13.2 Å². The first-order valence-corrected chi connectivity index (χ1v) is 13.0. The van der Waals surface area contributed by atoms with Crippen molar-refractivity contribution in [3.8, 4) is 11.3 Å². The molecule has 17 heteroatoms. The molecular weight excluding hydrogens is 586 g/mol. The van der Waals surface area contributed by atoms with Crippen LogP contribution in [0.3, 0.4) is 0 Å². The second-order valence-corrected chi connectivity index (χ2v) is 9.07. The molecule has 3 heterocycles. The van der Waals surface area contributed by atoms with E-state index in [1.165, 1.54) is 23.0 Å². The molecule has 0 fully saturated rings. The van der Waals surface area contributed by atoms with Gasteiger partial charge < -0.3 is 21.1 Å². The molecule has 0 aliphatic heterocycles. The van der Waals surface area contributed by atoms with Gasteiger partial charge in [0.2, 0.25) is 0 Å².